The van der Waals surface area contributed by atoms with Crippen LogP contribution in [-0.2, 0) is 4.79 Å². The summed E-state index contributed by atoms with van der Waals surface area (Å²) >= 11 is 0. The summed E-state index contributed by atoms with van der Waals surface area (Å²) in [5.74, 6) is 2.55. The van der Waals surface area contributed by atoms with E-state index in [1.165, 1.54) is 19.3 Å². The van der Waals surface area contributed by atoms with Crippen LogP contribution in [0.2, 0.25) is 0 Å². The van der Waals surface area contributed by atoms with E-state index in [0.717, 1.165) is 38.5 Å². The highest BCUT2D eigenvalue weighted by Crippen LogP contribution is 2.68. The summed E-state index contributed by atoms with van der Waals surface area (Å²) in [6.07, 6.45) is 9.26. The highest BCUT2D eigenvalue weighted by atomic mass is 16.4. The van der Waals surface area contributed by atoms with Crippen molar-refractivity contribution in [3.05, 3.63) is 0 Å². The van der Waals surface area contributed by atoms with Crippen molar-refractivity contribution in [3.8, 4) is 0 Å². The van der Waals surface area contributed by atoms with E-state index in [1.54, 1.807) is 0 Å². The van der Waals surface area contributed by atoms with Crippen molar-refractivity contribution in [2.75, 3.05) is 0 Å². The normalized spacial score (nSPS) is 51.7. The smallest absolute Gasteiger partial charge is 0.303 e. The fraction of sp³-hybridized carbons (Fsp3) is 0.958. The number of hydrogen-bond acceptors (Lipinski definition) is 3. The molecular weight excluding hydrogens is 352 g/mol. The highest BCUT2D eigenvalue weighted by molar-refractivity contribution is 5.66. The fourth-order valence-electron chi connectivity index (χ4n) is 8.71. The third-order valence-corrected chi connectivity index (χ3v) is 10.3. The molecule has 4 aliphatic carbocycles. The van der Waals surface area contributed by atoms with Gasteiger partial charge >= 0.3 is 5.97 Å². The molecule has 28 heavy (non-hydrogen) atoms. The van der Waals surface area contributed by atoms with Crippen LogP contribution in [0.5, 0.6) is 0 Å². The lowest BCUT2D eigenvalue weighted by molar-refractivity contribution is -0.175. The van der Waals surface area contributed by atoms with Crippen molar-refractivity contribution in [1.82, 2.24) is 0 Å². The standard InChI is InChI=1S/C24H40O4/c1-14(4-9-22(27)28)18-7-8-19-17-6-5-15-12-16(25)10-11-23(15,2)20(17)13-21(26)24(18,19)3/h14-21,25-26H,4-13H2,1-3H3,(H,27,28)/t14-,15?,16+,17?,18?,19?,20?,21-,23-,24+/m0/s1. The number of aliphatic hydroxyl groups is 2. The molecule has 0 aromatic heterocycles. The second kappa shape index (κ2) is 7.27. The number of fused-ring (bicyclic) bond motifs is 5. The number of hydrogen-bond donors (Lipinski definition) is 3. The van der Waals surface area contributed by atoms with Crippen LogP contribution >= 0.6 is 0 Å². The molecule has 0 aliphatic heterocycles. The van der Waals surface area contributed by atoms with Crippen LogP contribution < -0.4 is 0 Å². The number of rotatable bonds is 4. The molecule has 0 heterocycles. The Hall–Kier alpha value is -0.610. The minimum Gasteiger partial charge on any atom is -0.481 e. The third kappa shape index (κ3) is 3.05. The summed E-state index contributed by atoms with van der Waals surface area (Å²) < 4.78 is 0. The number of carboxylic acid groups (broad SMARTS) is 1. The number of aliphatic carboxylic acids is 1. The second-order valence-corrected chi connectivity index (χ2v) is 11.3. The monoisotopic (exact) mass is 392 g/mol. The lowest BCUT2D eigenvalue weighted by atomic mass is 9.43. The average Bonchev–Trinajstić information content (AvgIpc) is 3.00. The van der Waals surface area contributed by atoms with Crippen molar-refractivity contribution in [2.45, 2.75) is 97.2 Å². The van der Waals surface area contributed by atoms with Gasteiger partial charge in [0.25, 0.3) is 0 Å². The first-order valence-electron chi connectivity index (χ1n) is 11.8. The predicted octanol–water partition coefficient (Wildman–Crippen LogP) is 4.48. The average molecular weight is 393 g/mol. The van der Waals surface area contributed by atoms with E-state index in [-0.39, 0.29) is 29.5 Å². The SMILES string of the molecule is C[C@@H](CCC(=O)O)C1CCC2C3CCC4C[C@H](O)CC[C@]4(C)C3C[C@H](O)[C@@]21C. The molecule has 10 atom stereocenters. The van der Waals surface area contributed by atoms with Gasteiger partial charge in [-0.2, -0.15) is 0 Å². The minimum atomic E-state index is -0.707. The summed E-state index contributed by atoms with van der Waals surface area (Å²) in [7, 11) is 0. The summed E-state index contributed by atoms with van der Waals surface area (Å²) in [6, 6.07) is 0. The van der Waals surface area contributed by atoms with Crippen molar-refractivity contribution < 1.29 is 20.1 Å². The van der Waals surface area contributed by atoms with Crippen LogP contribution in [-0.4, -0.2) is 33.5 Å². The Balaban J connectivity index is 1.56. The van der Waals surface area contributed by atoms with E-state index < -0.39 is 5.97 Å². The summed E-state index contributed by atoms with van der Waals surface area (Å²) in [5.41, 5.74) is 0.216. The second-order valence-electron chi connectivity index (χ2n) is 11.3. The molecule has 0 spiro atoms. The van der Waals surface area contributed by atoms with Crippen LogP contribution in [0, 0.1) is 46.3 Å². The maximum atomic E-state index is 11.5. The molecule has 4 rings (SSSR count). The van der Waals surface area contributed by atoms with Gasteiger partial charge in [0.15, 0.2) is 0 Å². The lowest BCUT2D eigenvalue weighted by Gasteiger charge is -2.62. The highest BCUT2D eigenvalue weighted by Gasteiger charge is 2.63. The first-order valence-corrected chi connectivity index (χ1v) is 11.8. The molecule has 5 unspecified atom stereocenters. The Bertz CT molecular complexity index is 605. The molecule has 0 saturated heterocycles. The molecule has 160 valence electrons. The molecule has 0 radical (unpaired) electrons. The largest absolute Gasteiger partial charge is 0.481 e. The van der Waals surface area contributed by atoms with Crippen molar-refractivity contribution >= 4 is 5.97 Å². The lowest BCUT2D eigenvalue weighted by Crippen LogP contribution is -2.58. The Morgan fingerprint density at radius 1 is 1.04 bits per heavy atom. The Kier molecular flexibility index (Phi) is 5.36. The summed E-state index contributed by atoms with van der Waals surface area (Å²) in [5, 5.41) is 30.8. The zero-order valence-corrected chi connectivity index (χ0v) is 17.9. The maximum Gasteiger partial charge on any atom is 0.303 e. The number of carbonyl (C=O) groups is 1. The Morgan fingerprint density at radius 3 is 2.50 bits per heavy atom. The van der Waals surface area contributed by atoms with Crippen LogP contribution in [0.1, 0.15) is 85.0 Å². The minimum absolute atomic E-state index is 0.0591. The molecule has 0 aromatic carbocycles. The quantitative estimate of drug-likeness (QED) is 0.659. The van der Waals surface area contributed by atoms with Crippen LogP contribution in [0.3, 0.4) is 0 Å². The summed E-state index contributed by atoms with van der Waals surface area (Å²) in [4.78, 5) is 11.1. The van der Waals surface area contributed by atoms with Gasteiger partial charge in [0, 0.05) is 6.42 Å². The molecular formula is C24H40O4. The van der Waals surface area contributed by atoms with E-state index in [9.17, 15) is 15.0 Å². The Labute approximate surface area is 170 Å². The van der Waals surface area contributed by atoms with Gasteiger partial charge in [-0.3, -0.25) is 4.79 Å². The van der Waals surface area contributed by atoms with Crippen molar-refractivity contribution in [1.29, 1.82) is 0 Å². The molecule has 0 bridgehead atoms. The van der Waals surface area contributed by atoms with Gasteiger partial charge in [0.05, 0.1) is 12.2 Å². The molecule has 0 amide bonds. The molecule has 4 nitrogen and oxygen atoms in total. The van der Waals surface area contributed by atoms with E-state index in [4.69, 9.17) is 5.11 Å². The summed E-state index contributed by atoms with van der Waals surface area (Å²) in [6.45, 7) is 6.99. The molecule has 0 aromatic rings. The van der Waals surface area contributed by atoms with E-state index >= 15 is 0 Å². The zero-order chi connectivity index (χ0) is 20.3. The topological polar surface area (TPSA) is 77.8 Å². The molecule has 4 heteroatoms. The molecule has 4 fully saturated rings. The van der Waals surface area contributed by atoms with Crippen LogP contribution in [0.4, 0.5) is 0 Å². The number of carboxylic acids is 1. The van der Waals surface area contributed by atoms with Gasteiger partial charge in [0.2, 0.25) is 0 Å². The molecule has 4 saturated carbocycles. The van der Waals surface area contributed by atoms with Crippen molar-refractivity contribution in [2.24, 2.45) is 46.3 Å². The van der Waals surface area contributed by atoms with Gasteiger partial charge in [-0.1, -0.05) is 20.8 Å². The van der Waals surface area contributed by atoms with Crippen molar-refractivity contribution in [3.63, 3.8) is 0 Å². The van der Waals surface area contributed by atoms with Gasteiger partial charge in [0.1, 0.15) is 0 Å². The van der Waals surface area contributed by atoms with Gasteiger partial charge in [-0.05, 0) is 104 Å². The number of aliphatic hydroxyl groups excluding tert-OH is 2. The van der Waals surface area contributed by atoms with Crippen LogP contribution in [0.15, 0.2) is 0 Å². The third-order valence-electron chi connectivity index (χ3n) is 10.3. The zero-order valence-electron chi connectivity index (χ0n) is 17.9. The molecule has 3 N–H and O–H groups in total. The molecule has 4 aliphatic rings. The van der Waals surface area contributed by atoms with E-state index in [1.807, 2.05) is 0 Å². The maximum absolute atomic E-state index is 11.5. The predicted molar refractivity (Wildman–Crippen MR) is 109 cm³/mol. The van der Waals surface area contributed by atoms with E-state index in [0.29, 0.717) is 35.5 Å². The van der Waals surface area contributed by atoms with Gasteiger partial charge in [-0.25, -0.2) is 0 Å². The Morgan fingerprint density at radius 2 is 1.79 bits per heavy atom. The first kappa shape index (κ1) is 20.7. The van der Waals surface area contributed by atoms with Gasteiger partial charge in [-0.15, -0.1) is 0 Å². The van der Waals surface area contributed by atoms with E-state index in [2.05, 4.69) is 20.8 Å². The van der Waals surface area contributed by atoms with Crippen LogP contribution in [0.25, 0.3) is 0 Å². The first-order chi connectivity index (χ1) is 13.2. The van der Waals surface area contributed by atoms with Gasteiger partial charge < -0.3 is 15.3 Å². The fourth-order valence-corrected chi connectivity index (χ4v) is 8.71.